The topological polar surface area (TPSA) is 26.0 Å². The average molecular weight is 286 g/mol. The number of nitrogen functional groups attached to an aromatic ring is 1. The second-order valence-corrected chi connectivity index (χ2v) is 6.32. The Labute approximate surface area is 104 Å². The summed E-state index contributed by atoms with van der Waals surface area (Å²) in [6, 6.07) is 6.19. The molecule has 0 spiro atoms. The van der Waals surface area contributed by atoms with Crippen molar-refractivity contribution >= 4 is 33.4 Å². The summed E-state index contributed by atoms with van der Waals surface area (Å²) in [4.78, 5) is 1.24. The number of benzene rings is 1. The van der Waals surface area contributed by atoms with E-state index in [1.807, 2.05) is 17.8 Å². The van der Waals surface area contributed by atoms with Crippen LogP contribution in [-0.2, 0) is 0 Å². The van der Waals surface area contributed by atoms with Gasteiger partial charge in [0.15, 0.2) is 0 Å². The highest BCUT2D eigenvalue weighted by atomic mass is 79.9. The number of nitrogens with two attached hydrogens (primary N) is 1. The van der Waals surface area contributed by atoms with Crippen molar-refractivity contribution in [2.24, 2.45) is 0 Å². The van der Waals surface area contributed by atoms with Crippen LogP contribution >= 0.6 is 27.7 Å². The highest BCUT2D eigenvalue weighted by molar-refractivity contribution is 9.10. The van der Waals surface area contributed by atoms with E-state index in [2.05, 4.69) is 28.1 Å². The number of hydrogen-bond acceptors (Lipinski definition) is 2. The molecule has 0 amide bonds. The Morgan fingerprint density at radius 2 is 1.93 bits per heavy atom. The lowest BCUT2D eigenvalue weighted by Gasteiger charge is -2.21. The molecule has 1 aliphatic rings. The zero-order valence-electron chi connectivity index (χ0n) is 8.71. The fraction of sp³-hybridized carbons (Fsp3) is 0.500. The number of rotatable bonds is 2. The molecular formula is C12H16BrNS. The maximum absolute atomic E-state index is 5.99. The van der Waals surface area contributed by atoms with Crippen molar-refractivity contribution in [2.75, 3.05) is 5.73 Å². The van der Waals surface area contributed by atoms with E-state index in [-0.39, 0.29) is 0 Å². The monoisotopic (exact) mass is 285 g/mol. The highest BCUT2D eigenvalue weighted by Crippen LogP contribution is 2.36. The summed E-state index contributed by atoms with van der Waals surface area (Å²) in [6.07, 6.45) is 6.87. The molecule has 3 heteroatoms. The molecule has 1 fully saturated rings. The van der Waals surface area contributed by atoms with Crippen molar-refractivity contribution in [1.29, 1.82) is 0 Å². The summed E-state index contributed by atoms with van der Waals surface area (Å²) in [7, 11) is 0. The zero-order chi connectivity index (χ0) is 10.7. The van der Waals surface area contributed by atoms with E-state index in [0.29, 0.717) is 0 Å². The minimum absolute atomic E-state index is 0.780. The van der Waals surface area contributed by atoms with Crippen LogP contribution in [0, 0.1) is 0 Å². The fourth-order valence-electron chi connectivity index (χ4n) is 1.99. The van der Waals surface area contributed by atoms with Gasteiger partial charge in [-0.2, -0.15) is 0 Å². The molecule has 0 aliphatic heterocycles. The number of anilines is 1. The van der Waals surface area contributed by atoms with Gasteiger partial charge in [0, 0.05) is 20.3 Å². The molecular weight excluding hydrogens is 270 g/mol. The Morgan fingerprint density at radius 3 is 2.60 bits per heavy atom. The van der Waals surface area contributed by atoms with Crippen LogP contribution in [0.15, 0.2) is 27.6 Å². The Kier molecular flexibility index (Phi) is 3.98. The van der Waals surface area contributed by atoms with Crippen LogP contribution in [-0.4, -0.2) is 5.25 Å². The number of thioether (sulfide) groups is 1. The molecule has 2 N–H and O–H groups in total. The minimum Gasteiger partial charge on any atom is -0.398 e. The molecule has 1 nitrogen and oxygen atoms in total. The molecule has 82 valence electrons. The largest absolute Gasteiger partial charge is 0.398 e. The first-order valence-electron chi connectivity index (χ1n) is 5.47. The van der Waals surface area contributed by atoms with Crippen molar-refractivity contribution in [1.82, 2.24) is 0 Å². The van der Waals surface area contributed by atoms with Gasteiger partial charge in [0.25, 0.3) is 0 Å². The van der Waals surface area contributed by atoms with E-state index in [9.17, 15) is 0 Å². The first-order valence-corrected chi connectivity index (χ1v) is 7.14. The van der Waals surface area contributed by atoms with E-state index in [4.69, 9.17) is 5.73 Å². The third kappa shape index (κ3) is 3.15. The summed E-state index contributed by atoms with van der Waals surface area (Å²) in [5, 5.41) is 0.780. The second kappa shape index (κ2) is 5.26. The van der Waals surface area contributed by atoms with Gasteiger partial charge in [0.05, 0.1) is 0 Å². The Balaban J connectivity index is 2.03. The lowest BCUT2D eigenvalue weighted by atomic mass is 10.0. The normalized spacial score (nSPS) is 17.9. The van der Waals surface area contributed by atoms with Crippen molar-refractivity contribution in [3.63, 3.8) is 0 Å². The highest BCUT2D eigenvalue weighted by Gasteiger charge is 2.15. The Morgan fingerprint density at radius 1 is 1.20 bits per heavy atom. The van der Waals surface area contributed by atoms with Crippen LogP contribution in [0.2, 0.25) is 0 Å². The molecule has 0 aromatic heterocycles. The van der Waals surface area contributed by atoms with Crippen LogP contribution in [0.5, 0.6) is 0 Å². The quantitative estimate of drug-likeness (QED) is 0.812. The maximum atomic E-state index is 5.99. The maximum Gasteiger partial charge on any atom is 0.0463 e. The summed E-state index contributed by atoms with van der Waals surface area (Å²) in [5.74, 6) is 0. The molecule has 0 unspecified atom stereocenters. The van der Waals surface area contributed by atoms with E-state index < -0.39 is 0 Å². The lowest BCUT2D eigenvalue weighted by molar-refractivity contribution is 0.516. The molecule has 0 heterocycles. The zero-order valence-corrected chi connectivity index (χ0v) is 11.1. The minimum atomic E-state index is 0.780. The standard InChI is InChI=1S/C12H16BrNS/c13-9-6-7-12(11(14)8-9)15-10-4-2-1-3-5-10/h6-8,10H,1-5,14H2. The summed E-state index contributed by atoms with van der Waals surface area (Å²) >= 11 is 5.39. The molecule has 1 aromatic rings. The first kappa shape index (κ1) is 11.3. The van der Waals surface area contributed by atoms with Gasteiger partial charge in [-0.05, 0) is 31.0 Å². The Bertz CT molecular complexity index is 334. The van der Waals surface area contributed by atoms with Crippen LogP contribution < -0.4 is 5.73 Å². The van der Waals surface area contributed by atoms with Crippen molar-refractivity contribution in [3.05, 3.63) is 22.7 Å². The van der Waals surface area contributed by atoms with Gasteiger partial charge in [0.2, 0.25) is 0 Å². The van der Waals surface area contributed by atoms with Gasteiger partial charge in [-0.1, -0.05) is 35.2 Å². The molecule has 0 bridgehead atoms. The predicted octanol–water partition coefficient (Wildman–Crippen LogP) is 4.46. The van der Waals surface area contributed by atoms with Crippen molar-refractivity contribution < 1.29 is 0 Å². The van der Waals surface area contributed by atoms with Gasteiger partial charge in [-0.15, -0.1) is 11.8 Å². The van der Waals surface area contributed by atoms with Gasteiger partial charge >= 0.3 is 0 Å². The molecule has 2 rings (SSSR count). The van der Waals surface area contributed by atoms with E-state index in [0.717, 1.165) is 15.4 Å². The smallest absolute Gasteiger partial charge is 0.0463 e. The third-order valence-corrected chi connectivity index (χ3v) is 4.74. The SMILES string of the molecule is Nc1cc(Br)ccc1SC1CCCCC1. The van der Waals surface area contributed by atoms with Gasteiger partial charge < -0.3 is 5.73 Å². The number of hydrogen-bond donors (Lipinski definition) is 1. The fourth-order valence-corrected chi connectivity index (χ4v) is 3.64. The van der Waals surface area contributed by atoms with Crippen LogP contribution in [0.3, 0.4) is 0 Å². The molecule has 0 saturated heterocycles. The van der Waals surface area contributed by atoms with Crippen LogP contribution in [0.25, 0.3) is 0 Å². The van der Waals surface area contributed by atoms with E-state index in [1.54, 1.807) is 0 Å². The molecule has 1 aromatic carbocycles. The lowest BCUT2D eigenvalue weighted by Crippen LogP contribution is -2.08. The molecule has 1 aliphatic carbocycles. The summed E-state index contributed by atoms with van der Waals surface area (Å²) in [5.41, 5.74) is 6.89. The predicted molar refractivity (Wildman–Crippen MR) is 71.3 cm³/mol. The van der Waals surface area contributed by atoms with Gasteiger partial charge in [0.1, 0.15) is 0 Å². The number of halogens is 1. The van der Waals surface area contributed by atoms with Crippen LogP contribution in [0.1, 0.15) is 32.1 Å². The molecule has 1 saturated carbocycles. The van der Waals surface area contributed by atoms with Gasteiger partial charge in [-0.25, -0.2) is 0 Å². The first-order chi connectivity index (χ1) is 7.25. The van der Waals surface area contributed by atoms with Crippen molar-refractivity contribution in [2.45, 2.75) is 42.2 Å². The molecule has 15 heavy (non-hydrogen) atoms. The third-order valence-electron chi connectivity index (χ3n) is 2.82. The average Bonchev–Trinajstić information content (AvgIpc) is 2.24. The van der Waals surface area contributed by atoms with E-state index >= 15 is 0 Å². The summed E-state index contributed by atoms with van der Waals surface area (Å²) in [6.45, 7) is 0. The Hall–Kier alpha value is -0.150. The van der Waals surface area contributed by atoms with Crippen LogP contribution in [0.4, 0.5) is 5.69 Å². The van der Waals surface area contributed by atoms with Gasteiger partial charge in [-0.3, -0.25) is 0 Å². The molecule has 0 atom stereocenters. The van der Waals surface area contributed by atoms with Crippen molar-refractivity contribution in [3.8, 4) is 0 Å². The van der Waals surface area contributed by atoms with E-state index in [1.165, 1.54) is 37.0 Å². The molecule has 0 radical (unpaired) electrons. The summed E-state index contributed by atoms with van der Waals surface area (Å²) < 4.78 is 1.06. The second-order valence-electron chi connectivity index (χ2n) is 4.06.